The Bertz CT molecular complexity index is 942. The molecule has 152 valence electrons. The summed E-state index contributed by atoms with van der Waals surface area (Å²) in [5, 5.41) is 10.5. The lowest BCUT2D eigenvalue weighted by molar-refractivity contribution is -0.145. The number of amides is 1. The number of aliphatic carboxylic acids is 1. The van der Waals surface area contributed by atoms with Crippen molar-refractivity contribution in [3.05, 3.63) is 54.1 Å². The molecule has 2 aliphatic heterocycles. The van der Waals surface area contributed by atoms with Crippen molar-refractivity contribution in [1.82, 2.24) is 4.90 Å². The van der Waals surface area contributed by atoms with Gasteiger partial charge in [0.15, 0.2) is 5.54 Å². The number of carboxylic acids is 1. The molecule has 1 unspecified atom stereocenters. The van der Waals surface area contributed by atoms with Crippen LogP contribution in [0, 0.1) is 0 Å². The molecule has 6 heteroatoms. The van der Waals surface area contributed by atoms with E-state index in [0.717, 1.165) is 37.3 Å². The molecule has 0 bridgehead atoms. The van der Waals surface area contributed by atoms with E-state index in [2.05, 4.69) is 11.8 Å². The van der Waals surface area contributed by atoms with Crippen LogP contribution in [0.1, 0.15) is 36.5 Å². The highest BCUT2D eigenvalue weighted by Gasteiger charge is 2.50. The minimum absolute atomic E-state index is 0.127. The number of hydrogen-bond acceptors (Lipinski definition) is 4. The third kappa shape index (κ3) is 3.08. The summed E-state index contributed by atoms with van der Waals surface area (Å²) in [5.74, 6) is -0.975. The second kappa shape index (κ2) is 7.52. The summed E-state index contributed by atoms with van der Waals surface area (Å²) in [5.41, 5.74) is 1.54. The zero-order chi connectivity index (χ0) is 20.6. The van der Waals surface area contributed by atoms with Gasteiger partial charge in [-0.3, -0.25) is 4.79 Å². The van der Waals surface area contributed by atoms with Crippen molar-refractivity contribution in [2.45, 2.75) is 31.7 Å². The van der Waals surface area contributed by atoms with Crippen LogP contribution in [0.15, 0.2) is 48.5 Å². The number of hydrogen-bond donors (Lipinski definition) is 1. The van der Waals surface area contributed by atoms with E-state index in [1.165, 1.54) is 0 Å². The molecule has 0 aromatic heterocycles. The fraction of sp³-hybridized carbons (Fsp3) is 0.391. The Morgan fingerprint density at radius 1 is 1.07 bits per heavy atom. The average Bonchev–Trinajstić information content (AvgIpc) is 2.82. The number of fused-ring (bicyclic) bond motifs is 2. The summed E-state index contributed by atoms with van der Waals surface area (Å²) in [6, 6.07) is 14.9. The molecule has 1 amide bonds. The van der Waals surface area contributed by atoms with Crippen molar-refractivity contribution < 1.29 is 14.7 Å². The first-order chi connectivity index (χ1) is 14.0. The maximum atomic E-state index is 13.2. The topological polar surface area (TPSA) is 64.1 Å². The van der Waals surface area contributed by atoms with Crippen molar-refractivity contribution in [2.24, 2.45) is 0 Å². The average molecular weight is 393 g/mol. The third-order valence-corrected chi connectivity index (χ3v) is 6.08. The fourth-order valence-corrected chi connectivity index (χ4v) is 4.75. The molecule has 1 fully saturated rings. The number of carbonyl (C=O) groups is 2. The van der Waals surface area contributed by atoms with Gasteiger partial charge >= 0.3 is 5.97 Å². The van der Waals surface area contributed by atoms with Crippen LogP contribution >= 0.6 is 0 Å². The lowest BCUT2D eigenvalue weighted by atomic mass is 9.85. The van der Waals surface area contributed by atoms with E-state index in [4.69, 9.17) is 0 Å². The number of anilines is 3. The van der Waals surface area contributed by atoms with Gasteiger partial charge in [-0.05, 0) is 56.6 Å². The highest BCUT2D eigenvalue weighted by molar-refractivity contribution is 6.14. The smallest absolute Gasteiger partial charge is 0.331 e. The van der Waals surface area contributed by atoms with Gasteiger partial charge in [0.25, 0.3) is 5.91 Å². The van der Waals surface area contributed by atoms with Crippen LogP contribution in [-0.2, 0) is 4.79 Å². The van der Waals surface area contributed by atoms with E-state index in [0.29, 0.717) is 24.2 Å². The number of nitrogens with zero attached hydrogens (tertiary/aromatic N) is 3. The molecule has 1 atom stereocenters. The fourth-order valence-electron chi connectivity index (χ4n) is 4.75. The Kier molecular flexibility index (Phi) is 5.04. The number of rotatable bonds is 4. The highest BCUT2D eigenvalue weighted by Crippen LogP contribution is 2.46. The lowest BCUT2D eigenvalue weighted by Crippen LogP contribution is -2.62. The Balaban J connectivity index is 1.98. The highest BCUT2D eigenvalue weighted by atomic mass is 16.4. The van der Waals surface area contributed by atoms with Gasteiger partial charge in [-0.25, -0.2) is 4.79 Å². The van der Waals surface area contributed by atoms with Gasteiger partial charge in [-0.15, -0.1) is 0 Å². The van der Waals surface area contributed by atoms with Crippen LogP contribution in [-0.4, -0.2) is 54.1 Å². The first-order valence-electron chi connectivity index (χ1n) is 10.2. The second-order valence-corrected chi connectivity index (χ2v) is 7.92. The van der Waals surface area contributed by atoms with Gasteiger partial charge in [0.2, 0.25) is 0 Å². The van der Waals surface area contributed by atoms with Crippen LogP contribution in [0.3, 0.4) is 0 Å². The van der Waals surface area contributed by atoms with E-state index in [-0.39, 0.29) is 5.91 Å². The number of para-hydroxylation sites is 3. The lowest BCUT2D eigenvalue weighted by Gasteiger charge is -2.48. The summed E-state index contributed by atoms with van der Waals surface area (Å²) in [4.78, 5) is 31.8. The second-order valence-electron chi connectivity index (χ2n) is 7.92. The van der Waals surface area contributed by atoms with E-state index in [1.807, 2.05) is 47.4 Å². The molecule has 0 spiro atoms. The van der Waals surface area contributed by atoms with Crippen molar-refractivity contribution in [2.75, 3.05) is 36.5 Å². The van der Waals surface area contributed by atoms with Crippen molar-refractivity contribution in [1.29, 1.82) is 0 Å². The third-order valence-electron chi connectivity index (χ3n) is 6.08. The molecule has 29 heavy (non-hydrogen) atoms. The van der Waals surface area contributed by atoms with Crippen LogP contribution < -0.4 is 9.80 Å². The van der Waals surface area contributed by atoms with E-state index >= 15 is 0 Å². The maximum absolute atomic E-state index is 13.2. The van der Waals surface area contributed by atoms with E-state index < -0.39 is 11.5 Å². The van der Waals surface area contributed by atoms with Crippen molar-refractivity contribution in [3.63, 3.8) is 0 Å². The molecule has 0 radical (unpaired) electrons. The Labute approximate surface area is 171 Å². The molecule has 6 nitrogen and oxygen atoms in total. The van der Waals surface area contributed by atoms with Crippen molar-refractivity contribution in [3.8, 4) is 0 Å². The van der Waals surface area contributed by atoms with Crippen LogP contribution in [0.2, 0.25) is 0 Å². The molecule has 0 aliphatic carbocycles. The molecule has 4 rings (SSSR count). The Morgan fingerprint density at radius 2 is 1.72 bits per heavy atom. The molecule has 2 aliphatic rings. The van der Waals surface area contributed by atoms with Crippen LogP contribution in [0.5, 0.6) is 0 Å². The van der Waals surface area contributed by atoms with Crippen molar-refractivity contribution >= 4 is 28.9 Å². The van der Waals surface area contributed by atoms with Gasteiger partial charge in [0.05, 0.1) is 22.6 Å². The molecule has 1 saturated heterocycles. The number of benzene rings is 2. The number of likely N-dealkylation sites (tertiary alicyclic amines) is 1. The standard InChI is InChI=1S/C23H27N3O3/c1-3-14-25-15-8-13-23(16-25,22(28)29)26-18-10-5-4-9-17(18)21(27)24(2)19-11-6-7-12-20(19)26/h4-7,9-12H,3,8,13-16H2,1-2H3,(H,28,29). The van der Waals surface area contributed by atoms with Crippen LogP contribution in [0.4, 0.5) is 17.1 Å². The summed E-state index contributed by atoms with van der Waals surface area (Å²) < 4.78 is 0. The predicted molar refractivity (Wildman–Crippen MR) is 114 cm³/mol. The molecule has 2 aromatic carbocycles. The molecular formula is C23H27N3O3. The Morgan fingerprint density at radius 3 is 2.41 bits per heavy atom. The van der Waals surface area contributed by atoms with Gasteiger partial charge in [0.1, 0.15) is 0 Å². The largest absolute Gasteiger partial charge is 0.479 e. The Hall–Kier alpha value is -2.86. The van der Waals surface area contributed by atoms with Gasteiger partial charge in [-0.2, -0.15) is 0 Å². The normalized spacial score (nSPS) is 22.1. The number of carboxylic acid groups (broad SMARTS) is 1. The molecule has 1 N–H and O–H groups in total. The maximum Gasteiger partial charge on any atom is 0.331 e. The summed E-state index contributed by atoms with van der Waals surface area (Å²) >= 11 is 0. The first kappa shape index (κ1) is 19.5. The van der Waals surface area contributed by atoms with Gasteiger partial charge in [-0.1, -0.05) is 31.2 Å². The van der Waals surface area contributed by atoms with E-state index in [1.54, 1.807) is 18.0 Å². The monoisotopic (exact) mass is 393 g/mol. The summed E-state index contributed by atoms with van der Waals surface area (Å²) in [6.07, 6.45) is 2.31. The summed E-state index contributed by atoms with van der Waals surface area (Å²) in [6.45, 7) is 4.31. The predicted octanol–water partition coefficient (Wildman–Crippen LogP) is 3.74. The zero-order valence-electron chi connectivity index (χ0n) is 17.0. The molecule has 2 aromatic rings. The number of carbonyl (C=O) groups excluding carboxylic acids is 1. The van der Waals surface area contributed by atoms with Crippen LogP contribution in [0.25, 0.3) is 0 Å². The van der Waals surface area contributed by atoms with E-state index in [9.17, 15) is 14.7 Å². The SMILES string of the molecule is CCCN1CCCC(C(=O)O)(N2c3ccccc3C(=O)N(C)c3ccccc32)C1. The quantitative estimate of drug-likeness (QED) is 0.857. The van der Waals surface area contributed by atoms with Gasteiger partial charge < -0.3 is 19.8 Å². The first-order valence-corrected chi connectivity index (χ1v) is 10.2. The molecular weight excluding hydrogens is 366 g/mol. The zero-order valence-corrected chi connectivity index (χ0v) is 17.0. The molecule has 2 heterocycles. The summed E-state index contributed by atoms with van der Waals surface area (Å²) in [7, 11) is 1.75. The molecule has 0 saturated carbocycles. The minimum Gasteiger partial charge on any atom is -0.479 e. The minimum atomic E-state index is -1.13. The van der Waals surface area contributed by atoms with Gasteiger partial charge in [0, 0.05) is 13.6 Å². The number of piperidine rings is 1.